The van der Waals surface area contributed by atoms with Crippen molar-refractivity contribution in [2.24, 2.45) is 0 Å². The molecule has 0 radical (unpaired) electrons. The minimum atomic E-state index is -0.385. The number of benzene rings is 2. The molecule has 1 saturated heterocycles. The number of fused-ring (bicyclic) bond motifs is 3. The molecule has 0 unspecified atom stereocenters. The summed E-state index contributed by atoms with van der Waals surface area (Å²) < 4.78 is 1.04. The minimum Gasteiger partial charge on any atom is -0.281 e. The SMILES string of the molecule is CC1(C)C=C(c2ccccc2)c2cc(Br)ccc2N2CCC(=O)N21. The van der Waals surface area contributed by atoms with E-state index >= 15 is 0 Å². The first-order valence-electron chi connectivity index (χ1n) is 8.16. The maximum atomic E-state index is 12.5. The fourth-order valence-electron chi connectivity index (χ4n) is 3.70. The monoisotopic (exact) mass is 382 g/mol. The van der Waals surface area contributed by atoms with Crippen molar-refractivity contribution in [3.8, 4) is 0 Å². The van der Waals surface area contributed by atoms with Gasteiger partial charge in [-0.25, -0.2) is 5.01 Å². The lowest BCUT2D eigenvalue weighted by molar-refractivity contribution is -0.131. The molecular formula is C20H19BrN2O. The van der Waals surface area contributed by atoms with E-state index in [-0.39, 0.29) is 11.4 Å². The maximum absolute atomic E-state index is 12.5. The molecular weight excluding hydrogens is 364 g/mol. The van der Waals surface area contributed by atoms with Crippen LogP contribution in [0.5, 0.6) is 0 Å². The molecule has 3 nitrogen and oxygen atoms in total. The van der Waals surface area contributed by atoms with Crippen LogP contribution in [-0.4, -0.2) is 23.0 Å². The van der Waals surface area contributed by atoms with Crippen LogP contribution in [0.3, 0.4) is 0 Å². The zero-order chi connectivity index (χ0) is 16.9. The predicted molar refractivity (Wildman–Crippen MR) is 101 cm³/mol. The van der Waals surface area contributed by atoms with E-state index < -0.39 is 0 Å². The Kier molecular flexibility index (Phi) is 3.53. The van der Waals surface area contributed by atoms with Gasteiger partial charge in [-0.3, -0.25) is 9.80 Å². The number of halogens is 1. The highest BCUT2D eigenvalue weighted by Crippen LogP contribution is 2.42. The van der Waals surface area contributed by atoms with Gasteiger partial charge in [0.1, 0.15) is 0 Å². The number of hydrogen-bond donors (Lipinski definition) is 0. The standard InChI is InChI=1S/C20H19BrN2O/c1-20(2)13-17(14-6-4-3-5-7-14)16-12-15(21)8-9-18(16)22-11-10-19(24)23(20)22/h3-9,12-13H,10-11H2,1-2H3. The highest BCUT2D eigenvalue weighted by molar-refractivity contribution is 9.10. The van der Waals surface area contributed by atoms with Crippen LogP contribution in [0.4, 0.5) is 5.69 Å². The third-order valence-corrected chi connectivity index (χ3v) is 5.16. The Balaban J connectivity index is 2.01. The van der Waals surface area contributed by atoms with E-state index in [2.05, 4.69) is 77.3 Å². The van der Waals surface area contributed by atoms with Gasteiger partial charge >= 0.3 is 0 Å². The van der Waals surface area contributed by atoms with Crippen LogP contribution in [0.2, 0.25) is 0 Å². The van der Waals surface area contributed by atoms with Crippen LogP contribution >= 0.6 is 15.9 Å². The van der Waals surface area contributed by atoms with E-state index in [1.165, 1.54) is 11.1 Å². The molecule has 0 aromatic heterocycles. The van der Waals surface area contributed by atoms with Crippen LogP contribution in [0.1, 0.15) is 31.4 Å². The Hall–Kier alpha value is -2.07. The molecule has 2 aromatic carbocycles. The molecule has 0 saturated carbocycles. The summed E-state index contributed by atoms with van der Waals surface area (Å²) in [6.07, 6.45) is 2.78. The van der Waals surface area contributed by atoms with Crippen molar-refractivity contribution in [1.82, 2.24) is 5.01 Å². The zero-order valence-corrected chi connectivity index (χ0v) is 15.4. The first-order chi connectivity index (χ1) is 11.5. The van der Waals surface area contributed by atoms with Crippen molar-refractivity contribution in [3.05, 3.63) is 70.2 Å². The van der Waals surface area contributed by atoms with E-state index in [4.69, 9.17) is 0 Å². The van der Waals surface area contributed by atoms with Crippen LogP contribution in [0.25, 0.3) is 5.57 Å². The molecule has 24 heavy (non-hydrogen) atoms. The molecule has 1 amide bonds. The minimum absolute atomic E-state index is 0.180. The van der Waals surface area contributed by atoms with Crippen molar-refractivity contribution in [2.75, 3.05) is 11.6 Å². The highest BCUT2D eigenvalue weighted by atomic mass is 79.9. The van der Waals surface area contributed by atoms with Crippen LogP contribution in [0, 0.1) is 0 Å². The topological polar surface area (TPSA) is 23.6 Å². The van der Waals surface area contributed by atoms with Crippen molar-refractivity contribution >= 4 is 33.1 Å². The number of hydrazine groups is 1. The van der Waals surface area contributed by atoms with Gasteiger partial charge in [-0.05, 0) is 49.3 Å². The van der Waals surface area contributed by atoms with Gasteiger partial charge in [0.05, 0.1) is 11.2 Å². The highest BCUT2D eigenvalue weighted by Gasteiger charge is 2.42. The fraction of sp³-hybridized carbons (Fsp3) is 0.250. The van der Waals surface area contributed by atoms with Crippen molar-refractivity contribution in [1.29, 1.82) is 0 Å². The summed E-state index contributed by atoms with van der Waals surface area (Å²) in [5.41, 5.74) is 4.19. The Morgan fingerprint density at radius 3 is 2.58 bits per heavy atom. The second-order valence-electron chi connectivity index (χ2n) is 6.82. The second-order valence-corrected chi connectivity index (χ2v) is 7.73. The number of carbonyl (C=O) groups is 1. The summed E-state index contributed by atoms with van der Waals surface area (Å²) in [4.78, 5) is 12.5. The van der Waals surface area contributed by atoms with Crippen molar-refractivity contribution in [3.63, 3.8) is 0 Å². The van der Waals surface area contributed by atoms with Gasteiger partial charge in [0.15, 0.2) is 0 Å². The average molecular weight is 383 g/mol. The molecule has 4 rings (SSSR count). The lowest BCUT2D eigenvalue weighted by Gasteiger charge is -2.39. The summed E-state index contributed by atoms with van der Waals surface area (Å²) >= 11 is 3.60. The van der Waals surface area contributed by atoms with Crippen molar-refractivity contribution in [2.45, 2.75) is 25.8 Å². The van der Waals surface area contributed by atoms with Crippen LogP contribution in [0.15, 0.2) is 59.1 Å². The number of amides is 1. The van der Waals surface area contributed by atoms with Gasteiger partial charge in [-0.1, -0.05) is 46.3 Å². The van der Waals surface area contributed by atoms with Crippen LogP contribution in [-0.2, 0) is 4.79 Å². The number of nitrogens with zero attached hydrogens (tertiary/aromatic N) is 2. The van der Waals surface area contributed by atoms with Gasteiger partial charge in [0.2, 0.25) is 5.91 Å². The van der Waals surface area contributed by atoms with E-state index in [9.17, 15) is 4.79 Å². The quantitative estimate of drug-likeness (QED) is 0.717. The number of carbonyl (C=O) groups excluding carboxylic acids is 1. The zero-order valence-electron chi connectivity index (χ0n) is 13.8. The van der Waals surface area contributed by atoms with E-state index in [0.29, 0.717) is 6.42 Å². The van der Waals surface area contributed by atoms with Gasteiger partial charge < -0.3 is 0 Å². The number of rotatable bonds is 1. The lowest BCUT2D eigenvalue weighted by Crippen LogP contribution is -2.51. The molecule has 0 N–H and O–H groups in total. The fourth-order valence-corrected chi connectivity index (χ4v) is 4.06. The summed E-state index contributed by atoms with van der Waals surface area (Å²) in [5.74, 6) is 0.180. The molecule has 0 aliphatic carbocycles. The summed E-state index contributed by atoms with van der Waals surface area (Å²) in [7, 11) is 0. The molecule has 2 aliphatic heterocycles. The van der Waals surface area contributed by atoms with Gasteiger partial charge in [-0.2, -0.15) is 0 Å². The predicted octanol–water partition coefficient (Wildman–Crippen LogP) is 4.63. The van der Waals surface area contributed by atoms with Crippen LogP contribution < -0.4 is 5.01 Å². The number of hydrogen-bond acceptors (Lipinski definition) is 2. The Bertz CT molecular complexity index is 842. The maximum Gasteiger partial charge on any atom is 0.243 e. The molecule has 0 atom stereocenters. The average Bonchev–Trinajstić information content (AvgIpc) is 2.91. The summed E-state index contributed by atoms with van der Waals surface area (Å²) in [6, 6.07) is 16.7. The Morgan fingerprint density at radius 1 is 1.08 bits per heavy atom. The van der Waals surface area contributed by atoms with Crippen molar-refractivity contribution < 1.29 is 4.79 Å². The molecule has 1 fully saturated rings. The first kappa shape index (κ1) is 15.5. The number of anilines is 1. The Labute approximate surface area is 150 Å². The van der Waals surface area contributed by atoms with Gasteiger partial charge in [0.25, 0.3) is 0 Å². The molecule has 2 aromatic rings. The molecule has 0 bridgehead atoms. The normalized spacial score (nSPS) is 18.8. The van der Waals surface area contributed by atoms with E-state index in [1.807, 2.05) is 17.1 Å². The second kappa shape index (κ2) is 5.49. The van der Waals surface area contributed by atoms with E-state index in [1.54, 1.807) is 0 Å². The third kappa shape index (κ3) is 2.37. The molecule has 4 heteroatoms. The summed E-state index contributed by atoms with van der Waals surface area (Å²) in [6.45, 7) is 4.94. The molecule has 2 heterocycles. The van der Waals surface area contributed by atoms with Gasteiger partial charge in [-0.15, -0.1) is 0 Å². The molecule has 2 aliphatic rings. The third-order valence-electron chi connectivity index (χ3n) is 4.67. The Morgan fingerprint density at radius 2 is 1.83 bits per heavy atom. The largest absolute Gasteiger partial charge is 0.281 e. The van der Waals surface area contributed by atoms with E-state index in [0.717, 1.165) is 22.3 Å². The molecule has 0 spiro atoms. The smallest absolute Gasteiger partial charge is 0.243 e. The van der Waals surface area contributed by atoms with Gasteiger partial charge in [0, 0.05) is 23.0 Å². The first-order valence-corrected chi connectivity index (χ1v) is 8.95. The molecule has 122 valence electrons. The lowest BCUT2D eigenvalue weighted by atomic mass is 9.91. The summed E-state index contributed by atoms with van der Waals surface area (Å²) in [5, 5.41) is 4.05.